The number of nitrogens with one attached hydrogen (secondary N) is 3. The summed E-state index contributed by atoms with van der Waals surface area (Å²) in [6, 6.07) is 6.31. The molecular weight excluding hydrogens is 448 g/mol. The van der Waals surface area contributed by atoms with Gasteiger partial charge in [0.2, 0.25) is 5.91 Å². The highest BCUT2D eigenvalue weighted by molar-refractivity contribution is 8.01. The van der Waals surface area contributed by atoms with Crippen molar-refractivity contribution in [3.63, 3.8) is 0 Å². The van der Waals surface area contributed by atoms with Gasteiger partial charge in [-0.1, -0.05) is 30.3 Å². The Bertz CT molecular complexity index is 1060. The van der Waals surface area contributed by atoms with Gasteiger partial charge in [-0.2, -0.15) is 15.4 Å². The van der Waals surface area contributed by atoms with Gasteiger partial charge in [-0.3, -0.25) is 9.59 Å². The molecule has 4 N–H and O–H groups in total. The van der Waals surface area contributed by atoms with Crippen LogP contribution in [0.4, 0.5) is 4.79 Å². The molecule has 1 aromatic carbocycles. The van der Waals surface area contributed by atoms with Crippen molar-refractivity contribution in [2.45, 2.75) is 49.0 Å². The van der Waals surface area contributed by atoms with E-state index in [0.717, 1.165) is 0 Å². The fourth-order valence-corrected chi connectivity index (χ4v) is 5.95. The number of β-lactam (4-membered cyclic amide) rings is 1. The lowest BCUT2D eigenvalue weighted by molar-refractivity contribution is -0.164. The van der Waals surface area contributed by atoms with Crippen molar-refractivity contribution < 1.29 is 24.3 Å². The number of H-pyrrole nitrogens is 1. The molecule has 2 saturated heterocycles. The van der Waals surface area contributed by atoms with Gasteiger partial charge in [-0.15, -0.1) is 11.8 Å². The van der Waals surface area contributed by atoms with Gasteiger partial charge in [0.15, 0.2) is 5.78 Å². The number of benzene rings is 1. The van der Waals surface area contributed by atoms with E-state index in [9.17, 15) is 24.3 Å². The number of carbonyl (C=O) groups is 4. The summed E-state index contributed by atoms with van der Waals surface area (Å²) in [5.41, 5.74) is 1.12. The lowest BCUT2D eigenvalue weighted by Gasteiger charge is -2.43. The molecule has 11 nitrogen and oxygen atoms in total. The van der Waals surface area contributed by atoms with E-state index < -0.39 is 34.7 Å². The second kappa shape index (κ2) is 8.85. The predicted octanol–water partition coefficient (Wildman–Crippen LogP) is 1.07. The van der Waals surface area contributed by atoms with Crippen molar-refractivity contribution in [3.8, 4) is 0 Å². The number of amides is 3. The van der Waals surface area contributed by atoms with E-state index in [1.165, 1.54) is 22.9 Å². The standard InChI is InChI=1S/C21H24N6O5S/c1-21(2)16(19(30)31)27-17(29)13(18(27)33-21)8-14(28)15(11-6-4-3-5-7-11)24-20(32)22-9-12-10-23-26-25-12/h3-7,10,13,15-16,18H,8-9H2,1-2H3,(H,30,31)(H2,22,24,32)(H,23,25,26)/t13-,15-,16+,18-/m1/s1. The molecule has 4 atom stereocenters. The van der Waals surface area contributed by atoms with Crippen LogP contribution in [0.1, 0.15) is 37.6 Å². The molecule has 0 spiro atoms. The van der Waals surface area contributed by atoms with Crippen LogP contribution in [0.2, 0.25) is 0 Å². The number of carboxylic acid groups (broad SMARTS) is 1. The first-order valence-corrected chi connectivity index (χ1v) is 11.3. The molecule has 174 valence electrons. The number of carboxylic acids is 1. The van der Waals surface area contributed by atoms with Gasteiger partial charge < -0.3 is 20.6 Å². The minimum absolute atomic E-state index is 0.0987. The summed E-state index contributed by atoms with van der Waals surface area (Å²) >= 11 is 1.39. The number of hydrogen-bond donors (Lipinski definition) is 4. The summed E-state index contributed by atoms with van der Waals surface area (Å²) < 4.78 is -0.665. The fourth-order valence-electron chi connectivity index (χ4n) is 4.27. The van der Waals surface area contributed by atoms with Crippen LogP contribution in [0.15, 0.2) is 36.5 Å². The summed E-state index contributed by atoms with van der Waals surface area (Å²) in [5.74, 6) is -2.35. The smallest absolute Gasteiger partial charge is 0.327 e. The van der Waals surface area contributed by atoms with E-state index in [2.05, 4.69) is 26.0 Å². The fraction of sp³-hybridized carbons (Fsp3) is 0.429. The monoisotopic (exact) mass is 472 g/mol. The largest absolute Gasteiger partial charge is 0.480 e. The number of carbonyl (C=O) groups excluding carboxylic acids is 3. The number of rotatable bonds is 8. The summed E-state index contributed by atoms with van der Waals surface area (Å²) in [6.45, 7) is 3.70. The van der Waals surface area contributed by atoms with Crippen LogP contribution in [0.25, 0.3) is 0 Å². The number of aliphatic carboxylic acids is 1. The van der Waals surface area contributed by atoms with Gasteiger partial charge in [-0.25, -0.2) is 9.59 Å². The molecule has 0 unspecified atom stereocenters. The zero-order valence-electron chi connectivity index (χ0n) is 18.0. The Labute approximate surface area is 193 Å². The normalized spacial score (nSPS) is 23.9. The number of ketones is 1. The number of aromatic amines is 1. The molecule has 2 fully saturated rings. The Morgan fingerprint density at radius 1 is 1.27 bits per heavy atom. The van der Waals surface area contributed by atoms with Gasteiger partial charge in [-0.05, 0) is 19.4 Å². The predicted molar refractivity (Wildman–Crippen MR) is 118 cm³/mol. The third-order valence-corrected chi connectivity index (χ3v) is 7.46. The van der Waals surface area contributed by atoms with Gasteiger partial charge in [0, 0.05) is 11.2 Å². The maximum atomic E-state index is 13.3. The molecule has 4 rings (SSSR count). The zero-order chi connectivity index (χ0) is 23.8. The SMILES string of the molecule is CC1(C)S[C@@H]2[C@H](CC(=O)[C@H](NC(=O)NCc3cn[nH]n3)c3ccccc3)C(=O)N2[C@H]1C(=O)O. The average molecular weight is 473 g/mol. The van der Waals surface area contributed by atoms with Gasteiger partial charge in [0.1, 0.15) is 17.8 Å². The van der Waals surface area contributed by atoms with Crippen molar-refractivity contribution in [2.75, 3.05) is 0 Å². The van der Waals surface area contributed by atoms with Crippen molar-refractivity contribution >= 4 is 35.5 Å². The molecule has 12 heteroatoms. The lowest BCUT2D eigenvalue weighted by Crippen LogP contribution is -2.63. The zero-order valence-corrected chi connectivity index (χ0v) is 18.8. The van der Waals surface area contributed by atoms with E-state index in [0.29, 0.717) is 11.3 Å². The first-order valence-electron chi connectivity index (χ1n) is 10.4. The summed E-state index contributed by atoms with van der Waals surface area (Å²) in [4.78, 5) is 51.6. The number of thioether (sulfide) groups is 1. The Kier molecular flexibility index (Phi) is 6.11. The van der Waals surface area contributed by atoms with E-state index in [4.69, 9.17) is 0 Å². The summed E-state index contributed by atoms with van der Waals surface area (Å²) in [7, 11) is 0. The highest BCUT2D eigenvalue weighted by Crippen LogP contribution is 2.54. The summed E-state index contributed by atoms with van der Waals surface area (Å²) in [6.07, 6.45) is 1.37. The molecule has 2 aliphatic heterocycles. The molecule has 3 heterocycles. The third kappa shape index (κ3) is 4.42. The highest BCUT2D eigenvalue weighted by Gasteiger charge is 2.63. The Morgan fingerprint density at radius 2 is 2.00 bits per heavy atom. The van der Waals surface area contributed by atoms with E-state index in [1.54, 1.807) is 44.2 Å². The molecule has 3 amide bonds. The molecule has 1 aromatic heterocycles. The number of aromatic nitrogens is 3. The quantitative estimate of drug-likeness (QED) is 0.416. The second-order valence-corrected chi connectivity index (χ2v) is 10.3. The molecule has 33 heavy (non-hydrogen) atoms. The topological polar surface area (TPSA) is 157 Å². The van der Waals surface area contributed by atoms with E-state index in [1.807, 2.05) is 0 Å². The third-order valence-electron chi connectivity index (χ3n) is 5.83. The van der Waals surface area contributed by atoms with Crippen molar-refractivity contribution in [3.05, 3.63) is 47.8 Å². The minimum atomic E-state index is -1.05. The molecular formula is C21H24N6O5S. The second-order valence-electron chi connectivity index (χ2n) is 8.51. The molecule has 2 aliphatic rings. The Morgan fingerprint density at radius 3 is 2.64 bits per heavy atom. The van der Waals surface area contributed by atoms with Crippen molar-refractivity contribution in [2.24, 2.45) is 5.92 Å². The maximum Gasteiger partial charge on any atom is 0.327 e. The Balaban J connectivity index is 1.45. The molecule has 0 aliphatic carbocycles. The average Bonchev–Trinajstić information content (AvgIpc) is 3.38. The van der Waals surface area contributed by atoms with Crippen LogP contribution in [0.3, 0.4) is 0 Å². The molecule has 0 saturated carbocycles. The number of hydrogen-bond acceptors (Lipinski definition) is 7. The molecule has 0 radical (unpaired) electrons. The summed E-state index contributed by atoms with van der Waals surface area (Å²) in [5, 5.41) is 24.5. The molecule has 0 bridgehead atoms. The van der Waals surface area contributed by atoms with Crippen LogP contribution >= 0.6 is 11.8 Å². The van der Waals surface area contributed by atoms with Crippen LogP contribution < -0.4 is 10.6 Å². The highest BCUT2D eigenvalue weighted by atomic mass is 32.2. The van der Waals surface area contributed by atoms with Gasteiger partial charge >= 0.3 is 12.0 Å². The van der Waals surface area contributed by atoms with Crippen LogP contribution in [0.5, 0.6) is 0 Å². The number of nitrogens with zero attached hydrogens (tertiary/aromatic N) is 3. The minimum Gasteiger partial charge on any atom is -0.480 e. The lowest BCUT2D eigenvalue weighted by atomic mass is 9.86. The Hall–Kier alpha value is -3.41. The maximum absolute atomic E-state index is 13.3. The van der Waals surface area contributed by atoms with Crippen LogP contribution in [0, 0.1) is 5.92 Å². The van der Waals surface area contributed by atoms with E-state index in [-0.39, 0.29) is 30.0 Å². The first-order chi connectivity index (χ1) is 15.7. The van der Waals surface area contributed by atoms with Crippen molar-refractivity contribution in [1.29, 1.82) is 0 Å². The van der Waals surface area contributed by atoms with Crippen LogP contribution in [-0.2, 0) is 20.9 Å². The van der Waals surface area contributed by atoms with Crippen molar-refractivity contribution in [1.82, 2.24) is 30.9 Å². The van der Waals surface area contributed by atoms with Crippen LogP contribution in [-0.4, -0.2) is 65.3 Å². The number of fused-ring (bicyclic) bond motifs is 1. The first kappa shape index (κ1) is 22.8. The molecule has 2 aromatic rings. The van der Waals surface area contributed by atoms with Gasteiger partial charge in [0.05, 0.1) is 24.0 Å². The number of urea groups is 1. The number of Topliss-reactive ketones (excluding diaryl/α,β-unsaturated/α-hetero) is 1. The van der Waals surface area contributed by atoms with Gasteiger partial charge in [0.25, 0.3) is 0 Å². The van der Waals surface area contributed by atoms with E-state index >= 15 is 0 Å².